The number of hydrogen-bond acceptors (Lipinski definition) is 3. The fourth-order valence-electron chi connectivity index (χ4n) is 5.02. The fourth-order valence-corrected chi connectivity index (χ4v) is 5.02. The second kappa shape index (κ2) is 10.3. The third kappa shape index (κ3) is 4.92. The van der Waals surface area contributed by atoms with Crippen LogP contribution < -0.4 is 0 Å². The maximum atomic E-state index is 13.2. The van der Waals surface area contributed by atoms with Crippen LogP contribution >= 0.6 is 0 Å². The number of carbonyl (C=O) groups is 1. The molecule has 5 rings (SSSR count). The molecule has 1 saturated heterocycles. The lowest BCUT2D eigenvalue weighted by molar-refractivity contribution is 0.0475. The first-order valence-electron chi connectivity index (χ1n) is 12.3. The molecular weight excluding hydrogens is 420 g/mol. The van der Waals surface area contributed by atoms with Crippen LogP contribution in [-0.4, -0.2) is 35.5 Å². The van der Waals surface area contributed by atoms with Crippen LogP contribution in [0.1, 0.15) is 46.4 Å². The molecule has 1 N–H and O–H groups in total. The van der Waals surface area contributed by atoms with Crippen molar-refractivity contribution in [2.75, 3.05) is 19.6 Å². The van der Waals surface area contributed by atoms with Gasteiger partial charge >= 0.3 is 5.97 Å². The molecule has 0 amide bonds. The molecule has 0 unspecified atom stereocenters. The zero-order chi connectivity index (χ0) is 23.3. The van der Waals surface area contributed by atoms with Gasteiger partial charge in [0.05, 0.1) is 5.56 Å². The van der Waals surface area contributed by atoms with Crippen LogP contribution in [0.4, 0.5) is 0 Å². The molecule has 4 aromatic rings. The van der Waals surface area contributed by atoms with Crippen LogP contribution in [0.3, 0.4) is 0 Å². The molecule has 174 valence electrons. The SMILES string of the molecule is Cc1[nH]c2ccc(CCN3CCCCC3)cc2c1C(=O)OCc1ccccc1-c1ccccc1. The summed E-state index contributed by atoms with van der Waals surface area (Å²) in [5.41, 5.74) is 6.96. The number of hydrogen-bond donors (Lipinski definition) is 1. The average molecular weight is 453 g/mol. The van der Waals surface area contributed by atoms with E-state index in [0.717, 1.165) is 46.3 Å². The van der Waals surface area contributed by atoms with Gasteiger partial charge in [-0.3, -0.25) is 0 Å². The normalized spacial score (nSPS) is 14.4. The van der Waals surface area contributed by atoms with Crippen molar-refractivity contribution in [1.82, 2.24) is 9.88 Å². The molecule has 4 heteroatoms. The quantitative estimate of drug-likeness (QED) is 0.324. The summed E-state index contributed by atoms with van der Waals surface area (Å²) in [5.74, 6) is -0.278. The zero-order valence-electron chi connectivity index (χ0n) is 19.8. The lowest BCUT2D eigenvalue weighted by atomic mass is 10.0. The molecule has 0 aliphatic carbocycles. The van der Waals surface area contributed by atoms with Crippen LogP contribution in [0.5, 0.6) is 0 Å². The Kier molecular flexibility index (Phi) is 6.77. The molecule has 3 aromatic carbocycles. The molecule has 34 heavy (non-hydrogen) atoms. The summed E-state index contributed by atoms with van der Waals surface area (Å²) in [4.78, 5) is 19.1. The number of aryl methyl sites for hydroxylation is 1. The van der Waals surface area contributed by atoms with Crippen molar-refractivity contribution in [2.45, 2.75) is 39.2 Å². The summed E-state index contributed by atoms with van der Waals surface area (Å²) >= 11 is 0. The Hall–Kier alpha value is -3.37. The maximum Gasteiger partial charge on any atom is 0.340 e. The topological polar surface area (TPSA) is 45.3 Å². The van der Waals surface area contributed by atoms with Crippen molar-refractivity contribution >= 4 is 16.9 Å². The Morgan fingerprint density at radius 1 is 0.941 bits per heavy atom. The number of esters is 1. The minimum atomic E-state index is -0.278. The number of aromatic nitrogens is 1. The van der Waals surface area contributed by atoms with Crippen molar-refractivity contribution in [3.63, 3.8) is 0 Å². The minimum Gasteiger partial charge on any atom is -0.457 e. The lowest BCUT2D eigenvalue weighted by Crippen LogP contribution is -2.31. The number of benzene rings is 3. The Morgan fingerprint density at radius 2 is 1.71 bits per heavy atom. The molecule has 1 aliphatic heterocycles. The molecule has 0 saturated carbocycles. The van der Waals surface area contributed by atoms with Crippen LogP contribution in [-0.2, 0) is 17.8 Å². The number of nitrogens with one attached hydrogen (secondary N) is 1. The molecule has 0 bridgehead atoms. The molecule has 1 fully saturated rings. The van der Waals surface area contributed by atoms with E-state index in [1.54, 1.807) is 0 Å². The standard InChI is InChI=1S/C30H32N2O2/c1-22-29(27-20-23(14-15-28(27)31-22)16-19-32-17-8-3-9-18-32)30(33)34-21-25-12-6-7-13-26(25)24-10-4-2-5-11-24/h2,4-7,10-15,20,31H,3,8-9,16-19,21H2,1H3. The van der Waals surface area contributed by atoms with E-state index in [0.29, 0.717) is 5.56 Å². The van der Waals surface area contributed by atoms with Gasteiger partial charge in [0.1, 0.15) is 6.61 Å². The first-order chi connectivity index (χ1) is 16.7. The number of likely N-dealkylation sites (tertiary alicyclic amines) is 1. The summed E-state index contributed by atoms with van der Waals surface area (Å²) in [7, 11) is 0. The van der Waals surface area contributed by atoms with E-state index in [4.69, 9.17) is 4.74 Å². The van der Waals surface area contributed by atoms with E-state index >= 15 is 0 Å². The summed E-state index contributed by atoms with van der Waals surface area (Å²) in [6.07, 6.45) is 4.96. The van der Waals surface area contributed by atoms with E-state index in [1.165, 1.54) is 37.9 Å². The number of carbonyl (C=O) groups excluding carboxylic acids is 1. The number of piperidine rings is 1. The van der Waals surface area contributed by atoms with Gasteiger partial charge < -0.3 is 14.6 Å². The maximum absolute atomic E-state index is 13.2. The van der Waals surface area contributed by atoms with Gasteiger partial charge in [0.15, 0.2) is 0 Å². The van der Waals surface area contributed by atoms with Crippen molar-refractivity contribution < 1.29 is 9.53 Å². The third-order valence-corrected chi connectivity index (χ3v) is 6.88. The summed E-state index contributed by atoms with van der Waals surface area (Å²) < 4.78 is 5.85. The second-order valence-electron chi connectivity index (χ2n) is 9.26. The predicted molar refractivity (Wildman–Crippen MR) is 138 cm³/mol. The summed E-state index contributed by atoms with van der Waals surface area (Å²) in [6.45, 7) is 5.67. The highest BCUT2D eigenvalue weighted by molar-refractivity contribution is 6.05. The Morgan fingerprint density at radius 3 is 2.53 bits per heavy atom. The van der Waals surface area contributed by atoms with Crippen molar-refractivity contribution in [3.05, 3.63) is 95.2 Å². The molecule has 1 aromatic heterocycles. The van der Waals surface area contributed by atoms with Gasteiger partial charge in [-0.05, 0) is 73.7 Å². The van der Waals surface area contributed by atoms with Gasteiger partial charge in [0.2, 0.25) is 0 Å². The van der Waals surface area contributed by atoms with E-state index < -0.39 is 0 Å². The van der Waals surface area contributed by atoms with Crippen molar-refractivity contribution in [3.8, 4) is 11.1 Å². The monoisotopic (exact) mass is 452 g/mol. The van der Waals surface area contributed by atoms with Crippen molar-refractivity contribution in [2.24, 2.45) is 0 Å². The average Bonchev–Trinajstić information content (AvgIpc) is 3.22. The Bertz CT molecular complexity index is 1270. The van der Waals surface area contributed by atoms with Gasteiger partial charge in [0, 0.05) is 23.1 Å². The molecular formula is C30H32N2O2. The zero-order valence-corrected chi connectivity index (χ0v) is 19.8. The largest absolute Gasteiger partial charge is 0.457 e. The van der Waals surface area contributed by atoms with Gasteiger partial charge in [-0.2, -0.15) is 0 Å². The number of aromatic amines is 1. The van der Waals surface area contributed by atoms with E-state index in [-0.39, 0.29) is 12.6 Å². The molecule has 0 atom stereocenters. The number of nitrogens with zero attached hydrogens (tertiary/aromatic N) is 1. The van der Waals surface area contributed by atoms with Crippen LogP contribution in [0, 0.1) is 6.92 Å². The predicted octanol–water partition coefficient (Wildman–Crippen LogP) is 6.53. The van der Waals surface area contributed by atoms with Gasteiger partial charge in [-0.15, -0.1) is 0 Å². The van der Waals surface area contributed by atoms with Crippen LogP contribution in [0.15, 0.2) is 72.8 Å². The molecule has 1 aliphatic rings. The molecule has 0 spiro atoms. The van der Waals surface area contributed by atoms with Crippen LogP contribution in [0.25, 0.3) is 22.0 Å². The number of rotatable bonds is 7. The molecule has 0 radical (unpaired) electrons. The van der Waals surface area contributed by atoms with Gasteiger partial charge in [-0.1, -0.05) is 67.1 Å². The van der Waals surface area contributed by atoms with E-state index in [2.05, 4.69) is 46.3 Å². The third-order valence-electron chi connectivity index (χ3n) is 6.88. The Labute approximate surface area is 201 Å². The highest BCUT2D eigenvalue weighted by Gasteiger charge is 2.19. The van der Waals surface area contributed by atoms with Gasteiger partial charge in [-0.25, -0.2) is 4.79 Å². The summed E-state index contributed by atoms with van der Waals surface area (Å²) in [6, 6.07) is 24.7. The van der Waals surface area contributed by atoms with E-state index in [1.807, 2.05) is 43.3 Å². The Balaban J connectivity index is 1.33. The first kappa shape index (κ1) is 22.4. The number of fused-ring (bicyclic) bond motifs is 1. The number of ether oxygens (including phenoxy) is 1. The smallest absolute Gasteiger partial charge is 0.340 e. The first-order valence-corrected chi connectivity index (χ1v) is 12.3. The second-order valence-corrected chi connectivity index (χ2v) is 9.26. The van der Waals surface area contributed by atoms with Gasteiger partial charge in [0.25, 0.3) is 0 Å². The minimum absolute atomic E-state index is 0.241. The summed E-state index contributed by atoms with van der Waals surface area (Å²) in [5, 5.41) is 0.954. The fraction of sp³-hybridized carbons (Fsp3) is 0.300. The van der Waals surface area contributed by atoms with E-state index in [9.17, 15) is 4.79 Å². The highest BCUT2D eigenvalue weighted by atomic mass is 16.5. The van der Waals surface area contributed by atoms with Crippen LogP contribution in [0.2, 0.25) is 0 Å². The number of H-pyrrole nitrogens is 1. The highest BCUT2D eigenvalue weighted by Crippen LogP contribution is 2.27. The lowest BCUT2D eigenvalue weighted by Gasteiger charge is -2.26. The van der Waals surface area contributed by atoms with Crippen molar-refractivity contribution in [1.29, 1.82) is 0 Å². The molecule has 2 heterocycles. The molecule has 4 nitrogen and oxygen atoms in total.